The molecule has 2 amide bonds. The van der Waals surface area contributed by atoms with Crippen LogP contribution in [0.15, 0.2) is 0 Å². The van der Waals surface area contributed by atoms with Crippen molar-refractivity contribution in [3.63, 3.8) is 0 Å². The van der Waals surface area contributed by atoms with E-state index in [9.17, 15) is 14.7 Å². The van der Waals surface area contributed by atoms with Crippen LogP contribution in [0.25, 0.3) is 0 Å². The number of aliphatic hydroxyl groups is 1. The quantitative estimate of drug-likeness (QED) is 0.585. The monoisotopic (exact) mass is 272 g/mol. The van der Waals surface area contributed by atoms with Crippen molar-refractivity contribution in [1.29, 1.82) is 0 Å². The molecule has 0 rings (SSSR count). The van der Waals surface area contributed by atoms with Gasteiger partial charge in [-0.2, -0.15) is 0 Å². The summed E-state index contributed by atoms with van der Waals surface area (Å²) in [4.78, 5) is 22.8. The van der Waals surface area contributed by atoms with E-state index in [2.05, 4.69) is 19.2 Å². The highest BCUT2D eigenvalue weighted by Gasteiger charge is 2.25. The Hall–Kier alpha value is -1.10. The predicted octanol–water partition coefficient (Wildman–Crippen LogP) is 1.05. The summed E-state index contributed by atoms with van der Waals surface area (Å²) in [5.41, 5.74) is 5.22. The third kappa shape index (κ3) is 7.82. The van der Waals surface area contributed by atoms with Crippen molar-refractivity contribution in [3.05, 3.63) is 0 Å². The van der Waals surface area contributed by atoms with Gasteiger partial charge in [0.05, 0.1) is 6.10 Å². The normalized spacial score (nSPS) is 15.9. The van der Waals surface area contributed by atoms with Crippen molar-refractivity contribution in [3.8, 4) is 0 Å². The Kier molecular flexibility index (Phi) is 8.39. The minimum absolute atomic E-state index is 0.142. The molecule has 0 aromatic heterocycles. The van der Waals surface area contributed by atoms with Crippen molar-refractivity contribution >= 4 is 11.8 Å². The number of aliphatic hydroxyl groups excluding tert-OH is 1. The van der Waals surface area contributed by atoms with Gasteiger partial charge in [0.25, 0.3) is 0 Å². The number of carbonyl (C=O) groups excluding carboxylic acids is 2. The third-order valence-electron chi connectivity index (χ3n) is 3.37. The maximum absolute atomic E-state index is 11.8. The zero-order valence-electron chi connectivity index (χ0n) is 12.5. The van der Waals surface area contributed by atoms with Crippen LogP contribution in [-0.2, 0) is 9.59 Å². The van der Waals surface area contributed by atoms with Crippen LogP contribution in [0, 0.1) is 17.8 Å². The summed E-state index contributed by atoms with van der Waals surface area (Å²) in [6.45, 7) is 5.90. The zero-order chi connectivity index (χ0) is 15.0. The number of hydrogen-bond donors (Lipinski definition) is 3. The van der Waals surface area contributed by atoms with Gasteiger partial charge in [-0.05, 0) is 31.6 Å². The van der Waals surface area contributed by atoms with Gasteiger partial charge < -0.3 is 16.2 Å². The van der Waals surface area contributed by atoms with Crippen molar-refractivity contribution in [2.75, 3.05) is 7.05 Å². The summed E-state index contributed by atoms with van der Waals surface area (Å²) >= 11 is 0. The molecule has 0 saturated heterocycles. The lowest BCUT2D eigenvalue weighted by Gasteiger charge is -2.21. The van der Waals surface area contributed by atoms with Crippen LogP contribution in [0.4, 0.5) is 0 Å². The third-order valence-corrected chi connectivity index (χ3v) is 3.37. The molecule has 5 nitrogen and oxygen atoms in total. The van der Waals surface area contributed by atoms with E-state index in [1.165, 1.54) is 0 Å². The molecule has 0 heterocycles. The van der Waals surface area contributed by atoms with Crippen LogP contribution in [-0.4, -0.2) is 30.1 Å². The van der Waals surface area contributed by atoms with Crippen LogP contribution in [0.3, 0.4) is 0 Å². The second-order valence-corrected chi connectivity index (χ2v) is 5.71. The number of nitrogens with two attached hydrogens (primary N) is 1. The van der Waals surface area contributed by atoms with Gasteiger partial charge in [0.1, 0.15) is 0 Å². The standard InChI is InChI=1S/C14H28N2O3/c1-9(2)5-6-12(17)8-11(14(19)16-4)7-10(3)13(15)18/h9-12,17H,5-8H2,1-4H3,(H2,15,18)(H,16,19)/t10?,11-,12+/m1/s1. The van der Waals surface area contributed by atoms with Crippen LogP contribution in [0.5, 0.6) is 0 Å². The second-order valence-electron chi connectivity index (χ2n) is 5.71. The molecule has 0 radical (unpaired) electrons. The molecule has 0 spiro atoms. The fourth-order valence-electron chi connectivity index (χ4n) is 2.03. The molecule has 5 heteroatoms. The zero-order valence-corrected chi connectivity index (χ0v) is 12.5. The van der Waals surface area contributed by atoms with Crippen LogP contribution in [0.1, 0.15) is 46.5 Å². The van der Waals surface area contributed by atoms with Crippen molar-refractivity contribution in [2.45, 2.75) is 52.6 Å². The molecule has 0 bridgehead atoms. The molecule has 19 heavy (non-hydrogen) atoms. The Morgan fingerprint density at radius 1 is 1.16 bits per heavy atom. The van der Waals surface area contributed by atoms with Gasteiger partial charge in [0.2, 0.25) is 11.8 Å². The first-order valence-corrected chi connectivity index (χ1v) is 6.96. The molecule has 0 saturated carbocycles. The predicted molar refractivity (Wildman–Crippen MR) is 75.2 cm³/mol. The van der Waals surface area contributed by atoms with Gasteiger partial charge >= 0.3 is 0 Å². The molecular formula is C14H28N2O3. The van der Waals surface area contributed by atoms with E-state index in [4.69, 9.17) is 5.73 Å². The molecule has 0 aliphatic heterocycles. The first kappa shape index (κ1) is 17.9. The van der Waals surface area contributed by atoms with Gasteiger partial charge in [0.15, 0.2) is 0 Å². The summed E-state index contributed by atoms with van der Waals surface area (Å²) in [5.74, 6) is -0.755. The Bertz CT molecular complexity index is 292. The number of hydrogen-bond acceptors (Lipinski definition) is 3. The molecule has 0 aliphatic carbocycles. The summed E-state index contributed by atoms with van der Waals surface area (Å²) in [6, 6.07) is 0. The van der Waals surface area contributed by atoms with Gasteiger partial charge in [-0.25, -0.2) is 0 Å². The van der Waals surface area contributed by atoms with Gasteiger partial charge in [-0.1, -0.05) is 20.8 Å². The molecular weight excluding hydrogens is 244 g/mol. The van der Waals surface area contributed by atoms with Crippen LogP contribution >= 0.6 is 0 Å². The average molecular weight is 272 g/mol. The number of carbonyl (C=O) groups is 2. The van der Waals surface area contributed by atoms with E-state index in [1.807, 2.05) is 0 Å². The highest BCUT2D eigenvalue weighted by molar-refractivity contribution is 5.80. The summed E-state index contributed by atoms with van der Waals surface area (Å²) in [5, 5.41) is 12.5. The maximum Gasteiger partial charge on any atom is 0.222 e. The highest BCUT2D eigenvalue weighted by atomic mass is 16.3. The highest BCUT2D eigenvalue weighted by Crippen LogP contribution is 2.20. The van der Waals surface area contributed by atoms with Gasteiger partial charge in [-0.3, -0.25) is 9.59 Å². The van der Waals surface area contributed by atoms with E-state index in [0.29, 0.717) is 25.2 Å². The summed E-state index contributed by atoms with van der Waals surface area (Å²) in [6.07, 6.45) is 1.85. The van der Waals surface area contributed by atoms with E-state index < -0.39 is 12.0 Å². The minimum Gasteiger partial charge on any atom is -0.393 e. The number of primary amides is 1. The molecule has 0 aromatic rings. The molecule has 0 fully saturated rings. The van der Waals surface area contributed by atoms with Gasteiger partial charge in [0, 0.05) is 18.9 Å². The Balaban J connectivity index is 4.42. The second kappa shape index (κ2) is 8.91. The largest absolute Gasteiger partial charge is 0.393 e. The Labute approximate surface area is 115 Å². The molecule has 4 N–H and O–H groups in total. The van der Waals surface area contributed by atoms with Crippen molar-refractivity contribution < 1.29 is 14.7 Å². The molecule has 3 atom stereocenters. The lowest BCUT2D eigenvalue weighted by Crippen LogP contribution is -2.34. The molecule has 112 valence electrons. The number of nitrogens with one attached hydrogen (secondary N) is 1. The molecule has 1 unspecified atom stereocenters. The number of rotatable bonds is 9. The van der Waals surface area contributed by atoms with Crippen LogP contribution in [0.2, 0.25) is 0 Å². The SMILES string of the molecule is CNC(=O)[C@H](CC(C)C(N)=O)C[C@@H](O)CCC(C)C. The van der Waals surface area contributed by atoms with Crippen molar-refractivity contribution in [2.24, 2.45) is 23.5 Å². The first-order chi connectivity index (χ1) is 8.77. The van der Waals surface area contributed by atoms with Crippen molar-refractivity contribution in [1.82, 2.24) is 5.32 Å². The fourth-order valence-corrected chi connectivity index (χ4v) is 2.03. The lowest BCUT2D eigenvalue weighted by atomic mass is 9.88. The maximum atomic E-state index is 11.8. The Morgan fingerprint density at radius 3 is 2.16 bits per heavy atom. The van der Waals surface area contributed by atoms with Gasteiger partial charge in [-0.15, -0.1) is 0 Å². The smallest absolute Gasteiger partial charge is 0.222 e. The van der Waals surface area contributed by atoms with E-state index in [0.717, 1.165) is 6.42 Å². The first-order valence-electron chi connectivity index (χ1n) is 6.96. The molecule has 0 aromatic carbocycles. The topological polar surface area (TPSA) is 92.4 Å². The number of amides is 2. The minimum atomic E-state index is -0.509. The average Bonchev–Trinajstić information content (AvgIpc) is 2.34. The molecule has 0 aliphatic rings. The summed E-state index contributed by atoms with van der Waals surface area (Å²) < 4.78 is 0. The van der Waals surface area contributed by atoms with E-state index in [-0.39, 0.29) is 17.7 Å². The lowest BCUT2D eigenvalue weighted by molar-refractivity contribution is -0.127. The summed E-state index contributed by atoms with van der Waals surface area (Å²) in [7, 11) is 1.56. The Morgan fingerprint density at radius 2 is 1.74 bits per heavy atom. The van der Waals surface area contributed by atoms with Crippen LogP contribution < -0.4 is 11.1 Å². The van der Waals surface area contributed by atoms with E-state index >= 15 is 0 Å². The van der Waals surface area contributed by atoms with E-state index in [1.54, 1.807) is 14.0 Å². The fraction of sp³-hybridized carbons (Fsp3) is 0.857.